The largest absolute Gasteiger partial charge is 0.478 e. The molecule has 0 aliphatic rings. The van der Waals surface area contributed by atoms with Gasteiger partial charge in [-0.15, -0.1) is 0 Å². The summed E-state index contributed by atoms with van der Waals surface area (Å²) in [5.74, 6) is -0.946. The normalized spacial score (nSPS) is 10.3. The standard InChI is InChI=1S/C13H10BrNO2S/c1-8-5-6-15-12(11(8)13(16)17)18-10-4-2-3-9(14)7-10/h2-7H,1H3,(H,16,17). The summed E-state index contributed by atoms with van der Waals surface area (Å²) in [5, 5.41) is 9.73. The Balaban J connectivity index is 2.40. The number of pyridine rings is 1. The first kappa shape index (κ1) is 13.1. The molecule has 0 fully saturated rings. The maximum Gasteiger partial charge on any atom is 0.338 e. The van der Waals surface area contributed by atoms with E-state index >= 15 is 0 Å². The molecule has 0 aliphatic heterocycles. The Morgan fingerprint density at radius 2 is 2.17 bits per heavy atom. The van der Waals surface area contributed by atoms with E-state index in [-0.39, 0.29) is 5.56 Å². The van der Waals surface area contributed by atoms with Gasteiger partial charge in [-0.25, -0.2) is 9.78 Å². The fraction of sp³-hybridized carbons (Fsp3) is 0.0769. The molecule has 1 heterocycles. The summed E-state index contributed by atoms with van der Waals surface area (Å²) in [6.07, 6.45) is 1.63. The summed E-state index contributed by atoms with van der Waals surface area (Å²) in [7, 11) is 0. The SMILES string of the molecule is Cc1ccnc(Sc2cccc(Br)c2)c1C(=O)O. The molecule has 0 spiro atoms. The number of aryl methyl sites for hydroxylation is 1. The van der Waals surface area contributed by atoms with Gasteiger partial charge < -0.3 is 5.11 Å². The molecule has 2 rings (SSSR count). The minimum atomic E-state index is -0.946. The van der Waals surface area contributed by atoms with E-state index in [0.29, 0.717) is 5.03 Å². The second-order valence-electron chi connectivity index (χ2n) is 3.67. The molecule has 18 heavy (non-hydrogen) atoms. The van der Waals surface area contributed by atoms with Crippen molar-refractivity contribution in [3.8, 4) is 0 Å². The van der Waals surface area contributed by atoms with Crippen molar-refractivity contribution in [2.24, 2.45) is 0 Å². The minimum Gasteiger partial charge on any atom is -0.478 e. The van der Waals surface area contributed by atoms with Gasteiger partial charge in [0, 0.05) is 15.6 Å². The number of halogens is 1. The molecule has 92 valence electrons. The number of hydrogen-bond donors (Lipinski definition) is 1. The van der Waals surface area contributed by atoms with Crippen LogP contribution in [-0.4, -0.2) is 16.1 Å². The highest BCUT2D eigenvalue weighted by Crippen LogP contribution is 2.31. The lowest BCUT2D eigenvalue weighted by Gasteiger charge is -2.07. The molecule has 2 aromatic rings. The van der Waals surface area contributed by atoms with Crippen LogP contribution >= 0.6 is 27.7 Å². The van der Waals surface area contributed by atoms with E-state index in [2.05, 4.69) is 20.9 Å². The average Bonchev–Trinajstić information content (AvgIpc) is 2.28. The van der Waals surface area contributed by atoms with Crippen molar-refractivity contribution in [3.63, 3.8) is 0 Å². The summed E-state index contributed by atoms with van der Waals surface area (Å²) >= 11 is 4.74. The maximum absolute atomic E-state index is 11.2. The van der Waals surface area contributed by atoms with Crippen molar-refractivity contribution in [1.82, 2.24) is 4.98 Å². The van der Waals surface area contributed by atoms with Crippen LogP contribution in [0.1, 0.15) is 15.9 Å². The van der Waals surface area contributed by atoms with Crippen molar-refractivity contribution in [2.45, 2.75) is 16.8 Å². The average molecular weight is 324 g/mol. The Morgan fingerprint density at radius 1 is 1.39 bits per heavy atom. The molecule has 0 aliphatic carbocycles. The van der Waals surface area contributed by atoms with E-state index in [1.54, 1.807) is 19.2 Å². The van der Waals surface area contributed by atoms with Crippen LogP contribution in [-0.2, 0) is 0 Å². The number of carboxylic acid groups (broad SMARTS) is 1. The van der Waals surface area contributed by atoms with Crippen LogP contribution in [0.25, 0.3) is 0 Å². The Hall–Kier alpha value is -1.33. The predicted octanol–water partition coefficient (Wildman–Crippen LogP) is 4.00. The summed E-state index contributed by atoms with van der Waals surface area (Å²) < 4.78 is 0.956. The van der Waals surface area contributed by atoms with Gasteiger partial charge in [0.25, 0.3) is 0 Å². The minimum absolute atomic E-state index is 0.266. The van der Waals surface area contributed by atoms with Crippen LogP contribution in [0.15, 0.2) is 50.9 Å². The summed E-state index contributed by atoms with van der Waals surface area (Å²) in [6, 6.07) is 9.38. The first-order valence-electron chi connectivity index (χ1n) is 5.20. The molecule has 1 aromatic heterocycles. The van der Waals surface area contributed by atoms with Crippen molar-refractivity contribution in [1.29, 1.82) is 0 Å². The van der Waals surface area contributed by atoms with Crippen molar-refractivity contribution in [2.75, 3.05) is 0 Å². The summed E-state index contributed by atoms with van der Waals surface area (Å²) in [5.41, 5.74) is 0.984. The predicted molar refractivity (Wildman–Crippen MR) is 74.2 cm³/mol. The van der Waals surface area contributed by atoms with Gasteiger partial charge in [0.05, 0.1) is 5.56 Å². The van der Waals surface area contributed by atoms with Crippen LogP contribution in [0.5, 0.6) is 0 Å². The molecule has 0 amide bonds. The zero-order chi connectivity index (χ0) is 13.1. The van der Waals surface area contributed by atoms with Gasteiger partial charge in [0.15, 0.2) is 0 Å². The molecule has 0 atom stereocenters. The zero-order valence-electron chi connectivity index (χ0n) is 9.55. The summed E-state index contributed by atoms with van der Waals surface area (Å²) in [4.78, 5) is 16.3. The zero-order valence-corrected chi connectivity index (χ0v) is 12.0. The van der Waals surface area contributed by atoms with E-state index in [1.165, 1.54) is 11.8 Å². The lowest BCUT2D eigenvalue weighted by molar-refractivity contribution is 0.0691. The Morgan fingerprint density at radius 3 is 2.83 bits per heavy atom. The van der Waals surface area contributed by atoms with Gasteiger partial charge in [-0.3, -0.25) is 0 Å². The van der Waals surface area contributed by atoms with Crippen LogP contribution in [0.2, 0.25) is 0 Å². The van der Waals surface area contributed by atoms with Crippen molar-refractivity contribution >= 4 is 33.7 Å². The smallest absolute Gasteiger partial charge is 0.338 e. The molecule has 0 radical (unpaired) electrons. The molecule has 0 unspecified atom stereocenters. The van der Waals surface area contributed by atoms with Crippen LogP contribution < -0.4 is 0 Å². The number of benzene rings is 1. The Labute approximate surface area is 117 Å². The molecule has 0 saturated carbocycles. The van der Waals surface area contributed by atoms with Crippen molar-refractivity contribution in [3.05, 3.63) is 52.1 Å². The highest BCUT2D eigenvalue weighted by molar-refractivity contribution is 9.10. The second-order valence-corrected chi connectivity index (χ2v) is 5.65. The van der Waals surface area contributed by atoms with E-state index < -0.39 is 5.97 Å². The molecule has 1 aromatic carbocycles. The van der Waals surface area contributed by atoms with Crippen molar-refractivity contribution < 1.29 is 9.90 Å². The number of aromatic nitrogens is 1. The molecule has 1 N–H and O–H groups in total. The number of carboxylic acids is 1. The third-order valence-corrected chi connectivity index (χ3v) is 3.83. The van der Waals surface area contributed by atoms with Gasteiger partial charge in [-0.1, -0.05) is 33.8 Å². The monoisotopic (exact) mass is 323 g/mol. The Bertz CT molecular complexity index is 601. The highest BCUT2D eigenvalue weighted by Gasteiger charge is 2.15. The molecular weight excluding hydrogens is 314 g/mol. The summed E-state index contributed by atoms with van der Waals surface area (Å²) in [6.45, 7) is 1.77. The first-order valence-corrected chi connectivity index (χ1v) is 6.81. The molecule has 5 heteroatoms. The fourth-order valence-electron chi connectivity index (χ4n) is 1.51. The number of aromatic carboxylic acids is 1. The third kappa shape index (κ3) is 2.91. The lowest BCUT2D eigenvalue weighted by Crippen LogP contribution is -2.03. The molecular formula is C13H10BrNO2S. The van der Waals surface area contributed by atoms with E-state index in [1.807, 2.05) is 24.3 Å². The number of carbonyl (C=O) groups is 1. The van der Waals surface area contributed by atoms with Crippen LogP contribution in [0.4, 0.5) is 0 Å². The Kier molecular flexibility index (Phi) is 4.04. The quantitative estimate of drug-likeness (QED) is 0.927. The maximum atomic E-state index is 11.2. The highest BCUT2D eigenvalue weighted by atomic mass is 79.9. The van der Waals surface area contributed by atoms with E-state index in [9.17, 15) is 9.90 Å². The topological polar surface area (TPSA) is 50.2 Å². The molecule has 0 saturated heterocycles. The van der Waals surface area contributed by atoms with E-state index in [0.717, 1.165) is 14.9 Å². The molecule has 3 nitrogen and oxygen atoms in total. The van der Waals surface area contributed by atoms with Gasteiger partial charge in [-0.05, 0) is 36.8 Å². The van der Waals surface area contributed by atoms with Gasteiger partial charge in [0.2, 0.25) is 0 Å². The third-order valence-electron chi connectivity index (χ3n) is 2.35. The van der Waals surface area contributed by atoms with Gasteiger partial charge >= 0.3 is 5.97 Å². The second kappa shape index (κ2) is 5.54. The van der Waals surface area contributed by atoms with E-state index in [4.69, 9.17) is 0 Å². The van der Waals surface area contributed by atoms with Gasteiger partial charge in [-0.2, -0.15) is 0 Å². The number of rotatable bonds is 3. The number of hydrogen-bond acceptors (Lipinski definition) is 3. The van der Waals surface area contributed by atoms with Crippen LogP contribution in [0.3, 0.4) is 0 Å². The molecule has 0 bridgehead atoms. The number of nitrogens with zero attached hydrogens (tertiary/aromatic N) is 1. The first-order chi connectivity index (χ1) is 8.58. The fourth-order valence-corrected chi connectivity index (χ4v) is 3.08. The lowest BCUT2D eigenvalue weighted by atomic mass is 10.2. The van der Waals surface area contributed by atoms with Crippen LogP contribution in [0, 0.1) is 6.92 Å². The van der Waals surface area contributed by atoms with Gasteiger partial charge in [0.1, 0.15) is 5.03 Å².